The lowest BCUT2D eigenvalue weighted by Gasteiger charge is -2.11. The summed E-state index contributed by atoms with van der Waals surface area (Å²) in [5, 5.41) is 12.9. The molecule has 2 aromatic rings. The Morgan fingerprint density at radius 1 is 1.50 bits per heavy atom. The summed E-state index contributed by atoms with van der Waals surface area (Å²) in [6.07, 6.45) is 1.34. The number of nitrogens with zero attached hydrogens (tertiary/aromatic N) is 2. The molecule has 0 atom stereocenters. The predicted octanol–water partition coefficient (Wildman–Crippen LogP) is 2.03. The fourth-order valence-electron chi connectivity index (χ4n) is 1.43. The fourth-order valence-corrected chi connectivity index (χ4v) is 1.58. The topological polar surface area (TPSA) is 79.9 Å². The molecule has 0 fully saturated rings. The zero-order chi connectivity index (χ0) is 13.1. The van der Waals surface area contributed by atoms with Crippen molar-refractivity contribution in [3.8, 4) is 5.75 Å². The van der Waals surface area contributed by atoms with Crippen molar-refractivity contribution < 1.29 is 9.53 Å². The maximum Gasteiger partial charge on any atom is 0.277 e. The molecular formula is C11H11ClN4O2. The second-order valence-corrected chi connectivity index (χ2v) is 4.02. The number of hydrogen-bond donors (Lipinski definition) is 2. The molecule has 0 radical (unpaired) electrons. The van der Waals surface area contributed by atoms with Crippen molar-refractivity contribution in [3.05, 3.63) is 34.6 Å². The molecule has 0 aliphatic rings. The van der Waals surface area contributed by atoms with Crippen LogP contribution in [0.15, 0.2) is 18.3 Å². The van der Waals surface area contributed by atoms with Gasteiger partial charge in [0.1, 0.15) is 5.75 Å². The van der Waals surface area contributed by atoms with E-state index in [0.29, 0.717) is 16.5 Å². The molecule has 0 unspecified atom stereocenters. The Bertz CT molecular complexity index is 569. The monoisotopic (exact) mass is 266 g/mol. The summed E-state index contributed by atoms with van der Waals surface area (Å²) >= 11 is 5.98. The van der Waals surface area contributed by atoms with Crippen LogP contribution in [-0.2, 0) is 0 Å². The van der Waals surface area contributed by atoms with Gasteiger partial charge in [-0.1, -0.05) is 11.6 Å². The number of aryl methyl sites for hydroxylation is 1. The van der Waals surface area contributed by atoms with Crippen LogP contribution in [0.1, 0.15) is 16.1 Å². The summed E-state index contributed by atoms with van der Waals surface area (Å²) in [7, 11) is 1.51. The van der Waals surface area contributed by atoms with Crippen molar-refractivity contribution in [2.24, 2.45) is 0 Å². The number of carbonyl (C=O) groups excluding carboxylic acids is 1. The lowest BCUT2D eigenvalue weighted by atomic mass is 10.2. The lowest BCUT2D eigenvalue weighted by Crippen LogP contribution is -2.13. The molecule has 7 heteroatoms. The van der Waals surface area contributed by atoms with Crippen LogP contribution in [0.2, 0.25) is 5.02 Å². The van der Waals surface area contributed by atoms with Crippen LogP contribution in [-0.4, -0.2) is 28.4 Å². The second-order valence-electron chi connectivity index (χ2n) is 3.61. The predicted molar refractivity (Wildman–Crippen MR) is 67.1 cm³/mol. The quantitative estimate of drug-likeness (QED) is 0.891. The molecule has 18 heavy (non-hydrogen) atoms. The van der Waals surface area contributed by atoms with Crippen LogP contribution >= 0.6 is 11.6 Å². The van der Waals surface area contributed by atoms with Crippen molar-refractivity contribution in [2.75, 3.05) is 12.4 Å². The van der Waals surface area contributed by atoms with E-state index in [4.69, 9.17) is 16.3 Å². The van der Waals surface area contributed by atoms with Crippen LogP contribution in [0, 0.1) is 6.92 Å². The van der Waals surface area contributed by atoms with E-state index in [9.17, 15) is 4.79 Å². The molecule has 0 saturated heterocycles. The molecule has 94 valence electrons. The minimum Gasteiger partial charge on any atom is -0.495 e. The van der Waals surface area contributed by atoms with Gasteiger partial charge in [-0.3, -0.25) is 4.79 Å². The van der Waals surface area contributed by atoms with Crippen LogP contribution in [0.3, 0.4) is 0 Å². The van der Waals surface area contributed by atoms with Gasteiger partial charge in [0.15, 0.2) is 5.69 Å². The zero-order valence-electron chi connectivity index (χ0n) is 9.82. The number of H-pyrrole nitrogens is 1. The van der Waals surface area contributed by atoms with Gasteiger partial charge in [-0.25, -0.2) is 0 Å². The summed E-state index contributed by atoms with van der Waals surface area (Å²) in [4.78, 5) is 11.8. The molecule has 0 bridgehead atoms. The van der Waals surface area contributed by atoms with E-state index in [1.165, 1.54) is 13.3 Å². The van der Waals surface area contributed by atoms with E-state index < -0.39 is 0 Å². The summed E-state index contributed by atoms with van der Waals surface area (Å²) in [5.74, 6) is 0.117. The number of hydrogen-bond acceptors (Lipinski definition) is 4. The molecule has 0 spiro atoms. The Hall–Kier alpha value is -2.08. The third-order valence-electron chi connectivity index (χ3n) is 2.38. The van der Waals surface area contributed by atoms with Crippen molar-refractivity contribution in [1.82, 2.24) is 15.4 Å². The Kier molecular flexibility index (Phi) is 3.47. The number of benzene rings is 1. The first-order valence-electron chi connectivity index (χ1n) is 5.13. The van der Waals surface area contributed by atoms with E-state index >= 15 is 0 Å². The van der Waals surface area contributed by atoms with Gasteiger partial charge in [0.25, 0.3) is 5.91 Å². The van der Waals surface area contributed by atoms with Gasteiger partial charge in [-0.15, -0.1) is 0 Å². The van der Waals surface area contributed by atoms with E-state index in [1.54, 1.807) is 12.1 Å². The maximum absolute atomic E-state index is 11.8. The van der Waals surface area contributed by atoms with Gasteiger partial charge >= 0.3 is 0 Å². The van der Waals surface area contributed by atoms with Crippen LogP contribution < -0.4 is 10.1 Å². The number of anilines is 1. The minimum atomic E-state index is -0.372. The van der Waals surface area contributed by atoms with Crippen LogP contribution in [0.4, 0.5) is 5.69 Å². The number of aromatic amines is 1. The van der Waals surface area contributed by atoms with Gasteiger partial charge in [0.2, 0.25) is 0 Å². The number of ether oxygens (including phenoxy) is 1. The van der Waals surface area contributed by atoms with E-state index in [-0.39, 0.29) is 11.6 Å². The molecule has 0 saturated carbocycles. The van der Waals surface area contributed by atoms with E-state index in [0.717, 1.165) is 5.56 Å². The van der Waals surface area contributed by atoms with Gasteiger partial charge in [-0.05, 0) is 18.6 Å². The van der Waals surface area contributed by atoms with Gasteiger partial charge in [-0.2, -0.15) is 15.4 Å². The highest BCUT2D eigenvalue weighted by Gasteiger charge is 2.13. The Balaban J connectivity index is 2.28. The van der Waals surface area contributed by atoms with Crippen molar-refractivity contribution in [3.63, 3.8) is 0 Å². The zero-order valence-corrected chi connectivity index (χ0v) is 10.6. The molecule has 2 rings (SSSR count). The number of rotatable bonds is 3. The molecule has 6 nitrogen and oxygen atoms in total. The number of nitrogens with one attached hydrogen (secondary N) is 2. The molecule has 0 aliphatic carbocycles. The van der Waals surface area contributed by atoms with E-state index in [2.05, 4.69) is 20.7 Å². The minimum absolute atomic E-state index is 0.199. The second kappa shape index (κ2) is 5.05. The largest absolute Gasteiger partial charge is 0.495 e. The van der Waals surface area contributed by atoms with Gasteiger partial charge in [0.05, 0.1) is 19.0 Å². The van der Waals surface area contributed by atoms with Gasteiger partial charge < -0.3 is 10.1 Å². The van der Waals surface area contributed by atoms with Crippen LogP contribution in [0.25, 0.3) is 0 Å². The van der Waals surface area contributed by atoms with Crippen molar-refractivity contribution >= 4 is 23.2 Å². The molecular weight excluding hydrogens is 256 g/mol. The lowest BCUT2D eigenvalue weighted by molar-refractivity contribution is 0.102. The third-order valence-corrected chi connectivity index (χ3v) is 2.78. The van der Waals surface area contributed by atoms with Crippen molar-refractivity contribution in [1.29, 1.82) is 0 Å². The standard InChI is InChI=1S/C11H11ClN4O2/c1-6-3-8(10(18-2)4-7(6)12)14-11(17)9-5-13-16-15-9/h3-5H,1-2H3,(H,14,17)(H,13,15,16). The third kappa shape index (κ3) is 2.43. The highest BCUT2D eigenvalue weighted by atomic mass is 35.5. The SMILES string of the molecule is COc1cc(Cl)c(C)cc1NC(=O)c1cn[nH]n1. The number of carbonyl (C=O) groups is 1. The summed E-state index contributed by atoms with van der Waals surface area (Å²) in [6, 6.07) is 3.38. The number of amides is 1. The molecule has 1 amide bonds. The average Bonchev–Trinajstić information content (AvgIpc) is 2.87. The first kappa shape index (κ1) is 12.4. The molecule has 1 aromatic carbocycles. The number of methoxy groups -OCH3 is 1. The molecule has 0 aliphatic heterocycles. The van der Waals surface area contributed by atoms with Gasteiger partial charge in [0, 0.05) is 11.1 Å². The molecule has 2 N–H and O–H groups in total. The summed E-state index contributed by atoms with van der Waals surface area (Å²) in [5.41, 5.74) is 1.57. The Morgan fingerprint density at radius 3 is 2.89 bits per heavy atom. The number of halogens is 1. The Labute approximate surface area is 108 Å². The maximum atomic E-state index is 11.8. The highest BCUT2D eigenvalue weighted by molar-refractivity contribution is 6.31. The molecule has 1 aromatic heterocycles. The van der Waals surface area contributed by atoms with Crippen LogP contribution in [0.5, 0.6) is 5.75 Å². The summed E-state index contributed by atoms with van der Waals surface area (Å²) in [6.45, 7) is 1.84. The normalized spacial score (nSPS) is 10.2. The van der Waals surface area contributed by atoms with Crippen molar-refractivity contribution in [2.45, 2.75) is 6.92 Å². The first-order valence-corrected chi connectivity index (χ1v) is 5.51. The first-order chi connectivity index (χ1) is 8.61. The molecule has 1 heterocycles. The average molecular weight is 267 g/mol. The summed E-state index contributed by atoms with van der Waals surface area (Å²) < 4.78 is 5.16. The smallest absolute Gasteiger partial charge is 0.277 e. The number of aromatic nitrogens is 3. The fraction of sp³-hybridized carbons (Fsp3) is 0.182. The highest BCUT2D eigenvalue weighted by Crippen LogP contribution is 2.31. The Morgan fingerprint density at radius 2 is 2.28 bits per heavy atom. The van der Waals surface area contributed by atoms with E-state index in [1.807, 2.05) is 6.92 Å².